The fourth-order valence-corrected chi connectivity index (χ4v) is 3.79. The first-order chi connectivity index (χ1) is 8.10. The van der Waals surface area contributed by atoms with Crippen molar-refractivity contribution in [2.24, 2.45) is 11.3 Å². The van der Waals surface area contributed by atoms with Gasteiger partial charge in [-0.25, -0.2) is 0 Å². The predicted octanol–water partition coefficient (Wildman–Crippen LogP) is 2.51. The summed E-state index contributed by atoms with van der Waals surface area (Å²) >= 11 is 0. The van der Waals surface area contributed by atoms with Gasteiger partial charge in [0.25, 0.3) is 0 Å². The van der Waals surface area contributed by atoms with Crippen LogP contribution in [0.3, 0.4) is 0 Å². The molecule has 0 aromatic carbocycles. The molecule has 0 aromatic rings. The predicted molar refractivity (Wildman–Crippen MR) is 65.9 cm³/mol. The second-order valence-electron chi connectivity index (χ2n) is 6.54. The van der Waals surface area contributed by atoms with E-state index in [1.54, 1.807) is 0 Å². The van der Waals surface area contributed by atoms with Gasteiger partial charge in [-0.05, 0) is 49.9 Å². The highest BCUT2D eigenvalue weighted by atomic mass is 16.4. The molecular formula is C14H23NO2. The Kier molecular flexibility index (Phi) is 2.51. The smallest absolute Gasteiger partial charge is 0.324 e. The molecule has 0 amide bonds. The van der Waals surface area contributed by atoms with Crippen molar-refractivity contribution in [2.75, 3.05) is 13.1 Å². The summed E-state index contributed by atoms with van der Waals surface area (Å²) in [6, 6.07) is 0. The Morgan fingerprint density at radius 3 is 2.24 bits per heavy atom. The first-order valence-electron chi connectivity index (χ1n) is 7.09. The molecule has 1 saturated heterocycles. The van der Waals surface area contributed by atoms with Crippen LogP contribution >= 0.6 is 0 Å². The lowest BCUT2D eigenvalue weighted by molar-refractivity contribution is -0.163. The van der Waals surface area contributed by atoms with Crippen molar-refractivity contribution in [1.29, 1.82) is 0 Å². The van der Waals surface area contributed by atoms with Crippen LogP contribution in [0.1, 0.15) is 51.9 Å². The number of carboxylic acids is 1. The standard InChI is InChI=1S/C14H23NO2/c1-2-11-3-5-14(6-4-11,12(16)17)15-9-13(10-15)7-8-13/h11H,2-10H2,1H3,(H,16,17). The zero-order valence-corrected chi connectivity index (χ0v) is 10.7. The lowest BCUT2D eigenvalue weighted by atomic mass is 9.72. The second-order valence-corrected chi connectivity index (χ2v) is 6.54. The van der Waals surface area contributed by atoms with Crippen molar-refractivity contribution in [2.45, 2.75) is 57.4 Å². The Morgan fingerprint density at radius 2 is 1.82 bits per heavy atom. The Balaban J connectivity index is 1.69. The molecule has 3 fully saturated rings. The molecule has 0 radical (unpaired) electrons. The van der Waals surface area contributed by atoms with E-state index in [0.29, 0.717) is 5.41 Å². The normalized spacial score (nSPS) is 39.9. The highest BCUT2D eigenvalue weighted by Gasteiger charge is 2.60. The molecule has 2 aliphatic carbocycles. The van der Waals surface area contributed by atoms with Crippen LogP contribution in [-0.2, 0) is 4.79 Å². The van der Waals surface area contributed by atoms with Crippen LogP contribution in [0.4, 0.5) is 0 Å². The molecular weight excluding hydrogens is 214 g/mol. The number of hydrogen-bond donors (Lipinski definition) is 1. The van der Waals surface area contributed by atoms with Gasteiger partial charge in [-0.3, -0.25) is 9.69 Å². The molecule has 0 bridgehead atoms. The maximum atomic E-state index is 11.7. The maximum Gasteiger partial charge on any atom is 0.324 e. The largest absolute Gasteiger partial charge is 0.480 e. The Morgan fingerprint density at radius 1 is 1.24 bits per heavy atom. The molecule has 0 aromatic heterocycles. The molecule has 0 atom stereocenters. The topological polar surface area (TPSA) is 40.5 Å². The van der Waals surface area contributed by atoms with E-state index in [9.17, 15) is 9.90 Å². The molecule has 2 saturated carbocycles. The van der Waals surface area contributed by atoms with Crippen molar-refractivity contribution in [3.8, 4) is 0 Å². The fraction of sp³-hybridized carbons (Fsp3) is 0.929. The number of carboxylic acid groups (broad SMARTS) is 1. The van der Waals surface area contributed by atoms with E-state index in [-0.39, 0.29) is 0 Å². The van der Waals surface area contributed by atoms with Gasteiger partial charge in [0.2, 0.25) is 0 Å². The van der Waals surface area contributed by atoms with Crippen molar-refractivity contribution in [1.82, 2.24) is 4.90 Å². The molecule has 3 heteroatoms. The van der Waals surface area contributed by atoms with E-state index >= 15 is 0 Å². The lowest BCUT2D eigenvalue weighted by Gasteiger charge is -2.53. The summed E-state index contributed by atoms with van der Waals surface area (Å²) in [6.45, 7) is 4.33. The summed E-state index contributed by atoms with van der Waals surface area (Å²) in [7, 11) is 0. The SMILES string of the molecule is CCC1CCC(C(=O)O)(N2CC3(CC3)C2)CC1. The third-order valence-electron chi connectivity index (χ3n) is 5.52. The monoisotopic (exact) mass is 237 g/mol. The summed E-state index contributed by atoms with van der Waals surface area (Å²) < 4.78 is 0. The Labute approximate surface area is 103 Å². The molecule has 17 heavy (non-hydrogen) atoms. The van der Waals surface area contributed by atoms with Crippen molar-refractivity contribution in [3.63, 3.8) is 0 Å². The van der Waals surface area contributed by atoms with Gasteiger partial charge in [-0.1, -0.05) is 13.3 Å². The molecule has 1 spiro atoms. The quantitative estimate of drug-likeness (QED) is 0.820. The van der Waals surface area contributed by atoms with E-state index in [1.807, 2.05) is 0 Å². The summed E-state index contributed by atoms with van der Waals surface area (Å²) in [5, 5.41) is 9.63. The van der Waals surface area contributed by atoms with Crippen LogP contribution in [0, 0.1) is 11.3 Å². The van der Waals surface area contributed by atoms with Gasteiger partial charge in [0, 0.05) is 13.1 Å². The Hall–Kier alpha value is -0.570. The average Bonchev–Trinajstić information content (AvgIpc) is 3.07. The third-order valence-corrected chi connectivity index (χ3v) is 5.52. The summed E-state index contributed by atoms with van der Waals surface area (Å²) in [5.74, 6) is 0.196. The van der Waals surface area contributed by atoms with Gasteiger partial charge in [-0.15, -0.1) is 0 Å². The zero-order chi connectivity index (χ0) is 12.1. The summed E-state index contributed by atoms with van der Waals surface area (Å²) in [6.07, 6.45) is 7.82. The van der Waals surface area contributed by atoms with Crippen LogP contribution in [0.2, 0.25) is 0 Å². The molecule has 1 N–H and O–H groups in total. The average molecular weight is 237 g/mol. The summed E-state index contributed by atoms with van der Waals surface area (Å²) in [5.41, 5.74) is 0.0591. The van der Waals surface area contributed by atoms with Crippen LogP contribution < -0.4 is 0 Å². The van der Waals surface area contributed by atoms with E-state index in [1.165, 1.54) is 19.3 Å². The summed E-state index contributed by atoms with van der Waals surface area (Å²) in [4.78, 5) is 14.0. The molecule has 1 aliphatic heterocycles. The van der Waals surface area contributed by atoms with Gasteiger partial charge < -0.3 is 5.11 Å². The maximum absolute atomic E-state index is 11.7. The van der Waals surface area contributed by atoms with E-state index in [4.69, 9.17) is 0 Å². The van der Waals surface area contributed by atoms with Crippen molar-refractivity contribution >= 4 is 5.97 Å². The third kappa shape index (κ3) is 1.70. The molecule has 0 unspecified atom stereocenters. The van der Waals surface area contributed by atoms with E-state index in [2.05, 4.69) is 11.8 Å². The van der Waals surface area contributed by atoms with Crippen LogP contribution in [-0.4, -0.2) is 34.6 Å². The van der Waals surface area contributed by atoms with Gasteiger partial charge in [0.15, 0.2) is 0 Å². The highest BCUT2D eigenvalue weighted by molar-refractivity contribution is 5.79. The Bertz CT molecular complexity index is 319. The number of likely N-dealkylation sites (tertiary alicyclic amines) is 1. The van der Waals surface area contributed by atoms with Gasteiger partial charge in [-0.2, -0.15) is 0 Å². The van der Waals surface area contributed by atoms with Crippen LogP contribution in [0.5, 0.6) is 0 Å². The van der Waals surface area contributed by atoms with Crippen molar-refractivity contribution in [3.05, 3.63) is 0 Å². The minimum Gasteiger partial charge on any atom is -0.480 e. The highest BCUT2D eigenvalue weighted by Crippen LogP contribution is 2.56. The molecule has 96 valence electrons. The molecule has 3 aliphatic rings. The first kappa shape index (κ1) is 11.5. The zero-order valence-electron chi connectivity index (χ0n) is 10.7. The number of rotatable bonds is 3. The number of aliphatic carboxylic acids is 1. The molecule has 3 nitrogen and oxygen atoms in total. The van der Waals surface area contributed by atoms with E-state index < -0.39 is 11.5 Å². The number of carbonyl (C=O) groups is 1. The number of nitrogens with zero attached hydrogens (tertiary/aromatic N) is 1. The van der Waals surface area contributed by atoms with Gasteiger partial charge in [0.05, 0.1) is 0 Å². The molecule has 1 heterocycles. The van der Waals surface area contributed by atoms with E-state index in [0.717, 1.165) is 44.7 Å². The van der Waals surface area contributed by atoms with Gasteiger partial charge in [0.1, 0.15) is 5.54 Å². The fourth-order valence-electron chi connectivity index (χ4n) is 3.79. The van der Waals surface area contributed by atoms with Crippen LogP contribution in [0.15, 0.2) is 0 Å². The lowest BCUT2D eigenvalue weighted by Crippen LogP contribution is -2.65. The van der Waals surface area contributed by atoms with Crippen molar-refractivity contribution < 1.29 is 9.90 Å². The second kappa shape index (κ2) is 3.71. The first-order valence-corrected chi connectivity index (χ1v) is 7.09. The molecule has 3 rings (SSSR count). The van der Waals surface area contributed by atoms with Crippen LogP contribution in [0.25, 0.3) is 0 Å². The number of hydrogen-bond acceptors (Lipinski definition) is 2. The van der Waals surface area contributed by atoms with Gasteiger partial charge >= 0.3 is 5.97 Å². The minimum atomic E-state index is -0.567. The minimum absolute atomic E-state index is 0.500.